The van der Waals surface area contributed by atoms with Crippen molar-refractivity contribution in [3.63, 3.8) is 0 Å². The summed E-state index contributed by atoms with van der Waals surface area (Å²) in [7, 11) is 1.55. The Labute approximate surface area is 234 Å². The van der Waals surface area contributed by atoms with Crippen molar-refractivity contribution in [2.24, 2.45) is 5.92 Å². The summed E-state index contributed by atoms with van der Waals surface area (Å²) in [5.41, 5.74) is 2.39. The Morgan fingerprint density at radius 3 is 2.45 bits per heavy atom. The molecule has 3 aromatic carbocycles. The molecule has 0 aromatic heterocycles. The van der Waals surface area contributed by atoms with Crippen LogP contribution in [0, 0.1) is 12.8 Å². The Kier molecular flexibility index (Phi) is 8.67. The van der Waals surface area contributed by atoms with Crippen LogP contribution in [0.4, 0.5) is 0 Å². The van der Waals surface area contributed by atoms with Gasteiger partial charge in [-0.3, -0.25) is 9.59 Å². The number of hydrogen-bond donors (Lipinski definition) is 2. The fourth-order valence-electron chi connectivity index (χ4n) is 4.70. The molecule has 40 heavy (non-hydrogen) atoms. The van der Waals surface area contributed by atoms with Gasteiger partial charge in [0, 0.05) is 12.1 Å². The Balaban J connectivity index is 1.83. The third kappa shape index (κ3) is 5.91. The third-order valence-corrected chi connectivity index (χ3v) is 6.65. The molecule has 1 aliphatic rings. The number of likely N-dealkylation sites (tertiary alicyclic amines) is 1. The normalized spacial score (nSPS) is 16.4. The number of hydrogen-bond acceptors (Lipinski definition) is 7. The lowest BCUT2D eigenvalue weighted by Gasteiger charge is -2.26. The number of phenols is 1. The van der Waals surface area contributed by atoms with Crippen molar-refractivity contribution in [3.05, 3.63) is 88.5 Å². The number of aliphatic hydroxyl groups excluding tert-OH is 1. The van der Waals surface area contributed by atoms with Crippen LogP contribution in [0.25, 0.3) is 5.76 Å². The number of aromatic hydroxyl groups is 1. The van der Waals surface area contributed by atoms with Crippen LogP contribution in [0.1, 0.15) is 49.1 Å². The molecule has 0 aliphatic carbocycles. The third-order valence-electron chi connectivity index (χ3n) is 6.65. The molecule has 0 spiro atoms. The molecule has 2 N–H and O–H groups in total. The molecule has 0 bridgehead atoms. The number of phenolic OH excluding ortho intramolecular Hbond substituents is 1. The lowest BCUT2D eigenvalue weighted by Crippen LogP contribution is -2.29. The zero-order valence-corrected chi connectivity index (χ0v) is 23.4. The minimum Gasteiger partial charge on any atom is -0.507 e. The minimum absolute atomic E-state index is 0.0451. The zero-order valence-electron chi connectivity index (χ0n) is 23.4. The fourth-order valence-corrected chi connectivity index (χ4v) is 4.70. The predicted octanol–water partition coefficient (Wildman–Crippen LogP) is 5.76. The van der Waals surface area contributed by atoms with Gasteiger partial charge in [0.25, 0.3) is 11.7 Å². The van der Waals surface area contributed by atoms with Gasteiger partial charge in [0.15, 0.2) is 11.5 Å². The van der Waals surface area contributed by atoms with Gasteiger partial charge >= 0.3 is 0 Å². The van der Waals surface area contributed by atoms with Crippen LogP contribution in [-0.4, -0.2) is 47.1 Å². The van der Waals surface area contributed by atoms with Gasteiger partial charge in [-0.2, -0.15) is 0 Å². The van der Waals surface area contributed by atoms with E-state index in [-0.39, 0.29) is 29.4 Å². The van der Waals surface area contributed by atoms with Crippen molar-refractivity contribution in [1.29, 1.82) is 0 Å². The molecule has 8 heteroatoms. The van der Waals surface area contributed by atoms with Crippen molar-refractivity contribution in [2.75, 3.05) is 20.3 Å². The highest BCUT2D eigenvalue weighted by molar-refractivity contribution is 6.46. The lowest BCUT2D eigenvalue weighted by atomic mass is 9.94. The van der Waals surface area contributed by atoms with Gasteiger partial charge in [-0.15, -0.1) is 0 Å². The standard InChI is InChI=1S/C32H35NO7/c1-6-39-27-16-22(10-12-25(27)34)29-28(30(35)23-11-13-26(20(4)14-23)40-18-19(2)3)31(36)32(37)33(29)17-21-8-7-9-24(15-21)38-5/h7-16,19,29,34-35H,6,17-18H2,1-5H3/b30-28-. The first-order valence-corrected chi connectivity index (χ1v) is 13.2. The van der Waals surface area contributed by atoms with Gasteiger partial charge in [-0.25, -0.2) is 0 Å². The number of carbonyl (C=O) groups is 2. The molecule has 8 nitrogen and oxygen atoms in total. The second-order valence-electron chi connectivity index (χ2n) is 10.1. The van der Waals surface area contributed by atoms with Crippen LogP contribution in [-0.2, 0) is 16.1 Å². The number of rotatable bonds is 10. The average molecular weight is 546 g/mol. The molecule has 1 unspecified atom stereocenters. The van der Waals surface area contributed by atoms with E-state index in [4.69, 9.17) is 14.2 Å². The molecule has 1 saturated heterocycles. The van der Waals surface area contributed by atoms with E-state index in [9.17, 15) is 19.8 Å². The summed E-state index contributed by atoms with van der Waals surface area (Å²) in [6.07, 6.45) is 0. The number of methoxy groups -OCH3 is 1. The first-order chi connectivity index (χ1) is 19.1. The summed E-state index contributed by atoms with van der Waals surface area (Å²) >= 11 is 0. The molecule has 0 saturated carbocycles. The van der Waals surface area contributed by atoms with E-state index in [1.54, 1.807) is 62.6 Å². The molecular weight excluding hydrogens is 510 g/mol. The molecular formula is C32H35NO7. The quantitative estimate of drug-likeness (QED) is 0.189. The van der Waals surface area contributed by atoms with Gasteiger partial charge in [0.05, 0.1) is 31.9 Å². The Hall–Kier alpha value is -4.46. The molecule has 1 atom stereocenters. The first kappa shape index (κ1) is 28.5. The van der Waals surface area contributed by atoms with Crippen molar-refractivity contribution in [2.45, 2.75) is 40.3 Å². The van der Waals surface area contributed by atoms with Gasteiger partial charge in [0.2, 0.25) is 0 Å². The van der Waals surface area contributed by atoms with Crippen LogP contribution in [0.5, 0.6) is 23.0 Å². The monoisotopic (exact) mass is 545 g/mol. The van der Waals surface area contributed by atoms with Crippen molar-refractivity contribution in [1.82, 2.24) is 4.90 Å². The van der Waals surface area contributed by atoms with Gasteiger partial charge < -0.3 is 29.3 Å². The first-order valence-electron chi connectivity index (χ1n) is 13.2. The largest absolute Gasteiger partial charge is 0.507 e. The maximum Gasteiger partial charge on any atom is 0.295 e. The van der Waals surface area contributed by atoms with Gasteiger partial charge in [-0.1, -0.05) is 32.0 Å². The van der Waals surface area contributed by atoms with Gasteiger partial charge in [0.1, 0.15) is 17.3 Å². The SMILES string of the molecule is CCOc1cc(C2/C(=C(/O)c3ccc(OCC(C)C)c(C)c3)C(=O)C(=O)N2Cc2cccc(OC)c2)ccc1O. The molecule has 4 rings (SSSR count). The molecule has 210 valence electrons. The summed E-state index contributed by atoms with van der Waals surface area (Å²) < 4.78 is 16.8. The smallest absolute Gasteiger partial charge is 0.295 e. The molecule has 1 heterocycles. The molecule has 3 aromatic rings. The molecule has 0 radical (unpaired) electrons. The number of benzene rings is 3. The zero-order chi connectivity index (χ0) is 29.0. The Morgan fingerprint density at radius 1 is 1.00 bits per heavy atom. The summed E-state index contributed by atoms with van der Waals surface area (Å²) in [6.45, 7) is 8.71. The number of ether oxygens (including phenoxy) is 3. The summed E-state index contributed by atoms with van der Waals surface area (Å²) in [5.74, 6) is -0.0362. The lowest BCUT2D eigenvalue weighted by molar-refractivity contribution is -0.140. The fraction of sp³-hybridized carbons (Fsp3) is 0.312. The summed E-state index contributed by atoms with van der Waals surface area (Å²) in [4.78, 5) is 28.4. The molecule has 1 fully saturated rings. The second-order valence-corrected chi connectivity index (χ2v) is 10.1. The molecule has 1 amide bonds. The van der Waals surface area contributed by atoms with E-state index in [0.29, 0.717) is 41.8 Å². The Morgan fingerprint density at radius 2 is 1.77 bits per heavy atom. The van der Waals surface area contributed by atoms with Crippen LogP contribution < -0.4 is 14.2 Å². The van der Waals surface area contributed by atoms with E-state index in [2.05, 4.69) is 13.8 Å². The average Bonchev–Trinajstić information content (AvgIpc) is 3.18. The van der Waals surface area contributed by atoms with E-state index in [1.807, 2.05) is 13.0 Å². The van der Waals surface area contributed by atoms with Crippen molar-refractivity contribution in [3.8, 4) is 23.0 Å². The maximum atomic E-state index is 13.5. The topological polar surface area (TPSA) is 106 Å². The van der Waals surface area contributed by atoms with Crippen molar-refractivity contribution >= 4 is 17.4 Å². The number of amides is 1. The highest BCUT2D eigenvalue weighted by Gasteiger charge is 2.46. The van der Waals surface area contributed by atoms with Gasteiger partial charge in [-0.05, 0) is 78.9 Å². The number of aryl methyl sites for hydroxylation is 1. The number of nitrogens with zero attached hydrogens (tertiary/aromatic N) is 1. The van der Waals surface area contributed by atoms with Crippen molar-refractivity contribution < 1.29 is 34.0 Å². The summed E-state index contributed by atoms with van der Waals surface area (Å²) in [6, 6.07) is 16.1. The van der Waals surface area contributed by atoms with E-state index in [1.165, 1.54) is 11.0 Å². The summed E-state index contributed by atoms with van der Waals surface area (Å²) in [5, 5.41) is 21.8. The molecule has 1 aliphatic heterocycles. The van der Waals surface area contributed by atoms with E-state index < -0.39 is 17.7 Å². The highest BCUT2D eigenvalue weighted by atomic mass is 16.5. The van der Waals surface area contributed by atoms with Crippen LogP contribution in [0.15, 0.2) is 66.2 Å². The number of Topliss-reactive ketones (excluding diaryl/α,β-unsaturated/α-hetero) is 1. The Bertz CT molecular complexity index is 1440. The van der Waals surface area contributed by atoms with Crippen LogP contribution >= 0.6 is 0 Å². The number of carbonyl (C=O) groups excluding carboxylic acids is 2. The maximum absolute atomic E-state index is 13.5. The minimum atomic E-state index is -0.928. The predicted molar refractivity (Wildman–Crippen MR) is 152 cm³/mol. The van der Waals surface area contributed by atoms with E-state index >= 15 is 0 Å². The highest BCUT2D eigenvalue weighted by Crippen LogP contribution is 2.43. The second kappa shape index (κ2) is 12.2. The number of ketones is 1. The van der Waals surface area contributed by atoms with Crippen LogP contribution in [0.2, 0.25) is 0 Å². The van der Waals surface area contributed by atoms with E-state index in [0.717, 1.165) is 11.1 Å². The van der Waals surface area contributed by atoms with Crippen LogP contribution in [0.3, 0.4) is 0 Å². The number of aliphatic hydroxyl groups is 1.